The highest BCUT2D eigenvalue weighted by Crippen LogP contribution is 2.39. The zero-order chi connectivity index (χ0) is 27.2. The van der Waals surface area contributed by atoms with Crippen LogP contribution in [0.2, 0.25) is 0 Å². The molecule has 202 valence electrons. The second kappa shape index (κ2) is 9.79. The molecule has 2 fully saturated rings. The summed E-state index contributed by atoms with van der Waals surface area (Å²) in [6, 6.07) is 8.84. The molecule has 0 aliphatic carbocycles. The van der Waals surface area contributed by atoms with Crippen LogP contribution in [0.15, 0.2) is 42.5 Å². The van der Waals surface area contributed by atoms with Crippen LogP contribution in [0.1, 0.15) is 58.3 Å². The number of halogens is 3. The van der Waals surface area contributed by atoms with Crippen molar-refractivity contribution in [1.29, 1.82) is 0 Å². The third-order valence-corrected chi connectivity index (χ3v) is 7.84. The number of carbonyl (C=O) groups excluding carboxylic acids is 3. The lowest BCUT2D eigenvalue weighted by molar-refractivity contribution is -0.138. The molecule has 0 bridgehead atoms. The number of fused-ring (bicyclic) bond motifs is 1. The summed E-state index contributed by atoms with van der Waals surface area (Å²) in [4.78, 5) is 40.2. The van der Waals surface area contributed by atoms with E-state index in [0.29, 0.717) is 41.8 Å². The van der Waals surface area contributed by atoms with Crippen LogP contribution >= 0.6 is 0 Å². The van der Waals surface area contributed by atoms with E-state index in [1.54, 1.807) is 18.2 Å². The molecular weight excluding hydrogens is 503 g/mol. The predicted molar refractivity (Wildman–Crippen MR) is 128 cm³/mol. The summed E-state index contributed by atoms with van der Waals surface area (Å²) in [5.74, 6) is -1.15. The molecule has 0 spiro atoms. The second-order valence-electron chi connectivity index (χ2n) is 10.3. The van der Waals surface area contributed by atoms with E-state index in [0.717, 1.165) is 12.1 Å². The maximum atomic E-state index is 13.0. The zero-order valence-electron chi connectivity index (χ0n) is 20.5. The van der Waals surface area contributed by atoms with Crippen LogP contribution in [0.5, 0.6) is 0 Å². The highest BCUT2D eigenvalue weighted by Gasteiger charge is 2.42. The standard InChI is InChI=1S/C27H28F3N3O5/c28-27(29,30)18-3-1-16(2-4-18)13-32-10-9-26(38,12-20(32)15-34)19-5-6-21-17(11-19)14-33(25(21)37)22-7-8-23(35)31-24(22)36/h1-6,11,20,22,34,38H,7-10,12-15H2,(H,31,35,36). The monoisotopic (exact) mass is 531 g/mol. The number of nitrogens with zero attached hydrogens (tertiary/aromatic N) is 2. The molecule has 3 atom stereocenters. The summed E-state index contributed by atoms with van der Waals surface area (Å²) in [5.41, 5.74) is 0.399. The minimum atomic E-state index is -4.41. The number of aliphatic hydroxyl groups excluding tert-OH is 1. The van der Waals surface area contributed by atoms with Crippen molar-refractivity contribution in [1.82, 2.24) is 15.1 Å². The molecule has 3 aliphatic rings. The van der Waals surface area contributed by atoms with Gasteiger partial charge in [-0.2, -0.15) is 13.2 Å². The first kappa shape index (κ1) is 26.3. The number of carbonyl (C=O) groups is 3. The number of rotatable bonds is 5. The minimum Gasteiger partial charge on any atom is -0.395 e. The highest BCUT2D eigenvalue weighted by molar-refractivity contribution is 6.05. The normalized spacial score (nSPS) is 26.4. The van der Waals surface area contributed by atoms with E-state index in [2.05, 4.69) is 5.32 Å². The number of imide groups is 1. The van der Waals surface area contributed by atoms with Gasteiger partial charge < -0.3 is 15.1 Å². The number of likely N-dealkylation sites (tertiary alicyclic amines) is 1. The van der Waals surface area contributed by atoms with Crippen LogP contribution in [-0.2, 0) is 34.5 Å². The molecule has 3 heterocycles. The van der Waals surface area contributed by atoms with Crippen LogP contribution < -0.4 is 5.32 Å². The maximum Gasteiger partial charge on any atom is 0.416 e. The second-order valence-corrected chi connectivity index (χ2v) is 10.3. The fraction of sp³-hybridized carbons (Fsp3) is 0.444. The first-order chi connectivity index (χ1) is 18.0. The first-order valence-electron chi connectivity index (χ1n) is 12.5. The van der Waals surface area contributed by atoms with Gasteiger partial charge in [-0.25, -0.2) is 0 Å². The molecule has 0 saturated carbocycles. The van der Waals surface area contributed by atoms with Gasteiger partial charge >= 0.3 is 6.18 Å². The topological polar surface area (TPSA) is 110 Å². The lowest BCUT2D eigenvalue weighted by Gasteiger charge is -2.44. The smallest absolute Gasteiger partial charge is 0.395 e. The molecule has 3 aliphatic heterocycles. The fourth-order valence-electron chi connectivity index (χ4n) is 5.68. The Kier molecular flexibility index (Phi) is 6.79. The van der Waals surface area contributed by atoms with Gasteiger partial charge in [-0.15, -0.1) is 0 Å². The molecule has 5 rings (SSSR count). The van der Waals surface area contributed by atoms with Gasteiger partial charge in [0.1, 0.15) is 6.04 Å². The Labute approximate surface area is 217 Å². The van der Waals surface area contributed by atoms with Crippen LogP contribution in [-0.4, -0.2) is 63.0 Å². The number of hydrogen-bond acceptors (Lipinski definition) is 6. The van der Waals surface area contributed by atoms with Gasteiger partial charge in [-0.05, 0) is 54.2 Å². The molecule has 3 amide bonds. The van der Waals surface area contributed by atoms with Gasteiger partial charge in [-0.1, -0.05) is 24.3 Å². The van der Waals surface area contributed by atoms with Crippen LogP contribution in [0.4, 0.5) is 13.2 Å². The van der Waals surface area contributed by atoms with Gasteiger partial charge in [-0.3, -0.25) is 24.6 Å². The molecule has 8 nitrogen and oxygen atoms in total. The van der Waals surface area contributed by atoms with E-state index in [4.69, 9.17) is 0 Å². The SMILES string of the molecule is O=C1CCC(N2Cc3cc(C4(O)CCN(Cc5ccc(C(F)(F)F)cc5)C(CO)C4)ccc3C2=O)C(=O)N1. The van der Waals surface area contributed by atoms with Crippen molar-refractivity contribution < 1.29 is 37.8 Å². The van der Waals surface area contributed by atoms with E-state index < -0.39 is 35.3 Å². The highest BCUT2D eigenvalue weighted by atomic mass is 19.4. The molecule has 0 aromatic heterocycles. The van der Waals surface area contributed by atoms with Gasteiger partial charge in [0.05, 0.1) is 17.8 Å². The van der Waals surface area contributed by atoms with Crippen molar-refractivity contribution >= 4 is 17.7 Å². The zero-order valence-corrected chi connectivity index (χ0v) is 20.5. The van der Waals surface area contributed by atoms with Crippen molar-refractivity contribution in [2.45, 2.75) is 62.6 Å². The van der Waals surface area contributed by atoms with Crippen molar-refractivity contribution in [3.8, 4) is 0 Å². The Bertz CT molecular complexity index is 1270. The van der Waals surface area contributed by atoms with Crippen LogP contribution in [0.25, 0.3) is 0 Å². The summed E-state index contributed by atoms with van der Waals surface area (Å²) in [6.45, 7) is 0.684. The Morgan fingerprint density at radius 3 is 2.47 bits per heavy atom. The molecule has 2 saturated heterocycles. The molecule has 3 unspecified atom stereocenters. The van der Waals surface area contributed by atoms with Crippen LogP contribution in [0, 0.1) is 0 Å². The summed E-state index contributed by atoms with van der Waals surface area (Å²) in [6.07, 6.45) is -3.46. The van der Waals surface area contributed by atoms with Crippen molar-refractivity contribution in [2.75, 3.05) is 13.2 Å². The van der Waals surface area contributed by atoms with Gasteiger partial charge in [0.15, 0.2) is 0 Å². The minimum absolute atomic E-state index is 0.160. The number of nitrogens with one attached hydrogen (secondary N) is 1. The first-order valence-corrected chi connectivity index (χ1v) is 12.5. The number of piperidine rings is 2. The van der Waals surface area contributed by atoms with Crippen molar-refractivity contribution in [3.05, 3.63) is 70.3 Å². The quantitative estimate of drug-likeness (QED) is 0.511. The Balaban J connectivity index is 1.29. The summed E-state index contributed by atoms with van der Waals surface area (Å²) >= 11 is 0. The average Bonchev–Trinajstić information content (AvgIpc) is 3.20. The summed E-state index contributed by atoms with van der Waals surface area (Å²) < 4.78 is 38.6. The molecule has 3 N–H and O–H groups in total. The van der Waals surface area contributed by atoms with Gasteiger partial charge in [0.2, 0.25) is 11.8 Å². The van der Waals surface area contributed by atoms with Crippen molar-refractivity contribution in [3.63, 3.8) is 0 Å². The van der Waals surface area contributed by atoms with Gasteiger partial charge in [0, 0.05) is 37.7 Å². The van der Waals surface area contributed by atoms with E-state index in [1.807, 2.05) is 4.90 Å². The fourth-order valence-corrected chi connectivity index (χ4v) is 5.68. The largest absolute Gasteiger partial charge is 0.416 e. The predicted octanol–water partition coefficient (Wildman–Crippen LogP) is 2.31. The van der Waals surface area contributed by atoms with E-state index >= 15 is 0 Å². The maximum absolute atomic E-state index is 13.0. The molecule has 0 radical (unpaired) electrons. The van der Waals surface area contributed by atoms with E-state index in [9.17, 15) is 37.8 Å². The third kappa shape index (κ3) is 4.93. The van der Waals surface area contributed by atoms with Crippen molar-refractivity contribution in [2.24, 2.45) is 0 Å². The number of benzene rings is 2. The Hall–Kier alpha value is -3.28. The Morgan fingerprint density at radius 2 is 1.82 bits per heavy atom. The Morgan fingerprint density at radius 1 is 1.08 bits per heavy atom. The number of alkyl halides is 3. The number of amides is 3. The summed E-state index contributed by atoms with van der Waals surface area (Å²) in [5, 5.41) is 23.9. The lowest BCUT2D eigenvalue weighted by atomic mass is 9.80. The molecular formula is C27H28F3N3O5. The lowest BCUT2D eigenvalue weighted by Crippen LogP contribution is -2.52. The molecule has 11 heteroatoms. The number of aliphatic hydroxyl groups is 2. The average molecular weight is 532 g/mol. The molecule has 2 aromatic rings. The van der Waals surface area contributed by atoms with Gasteiger partial charge in [0.25, 0.3) is 5.91 Å². The van der Waals surface area contributed by atoms with E-state index in [-0.39, 0.29) is 44.2 Å². The molecule has 38 heavy (non-hydrogen) atoms. The van der Waals surface area contributed by atoms with Crippen LogP contribution in [0.3, 0.4) is 0 Å². The summed E-state index contributed by atoms with van der Waals surface area (Å²) in [7, 11) is 0. The number of hydrogen-bond donors (Lipinski definition) is 3. The third-order valence-electron chi connectivity index (χ3n) is 7.84. The van der Waals surface area contributed by atoms with E-state index in [1.165, 1.54) is 17.0 Å². The molecule has 2 aromatic carbocycles.